The van der Waals surface area contributed by atoms with E-state index in [2.05, 4.69) is 50.0 Å². The molecule has 2 aromatic heterocycles. The Labute approximate surface area is 127 Å². The highest BCUT2D eigenvalue weighted by Crippen LogP contribution is 2.22. The monoisotopic (exact) mass is 298 g/mol. The largest absolute Gasteiger partial charge is 0.294 e. The smallest absolute Gasteiger partial charge is 0.262 e. The maximum absolute atomic E-state index is 12.3. The van der Waals surface area contributed by atoms with Crippen LogP contribution in [0.5, 0.6) is 0 Å². The summed E-state index contributed by atoms with van der Waals surface area (Å²) in [6.07, 6.45) is 1.64. The summed E-state index contributed by atoms with van der Waals surface area (Å²) in [7, 11) is 0. The van der Waals surface area contributed by atoms with Crippen molar-refractivity contribution in [1.29, 1.82) is 0 Å². The molecule has 3 nitrogen and oxygen atoms in total. The molecule has 0 atom stereocenters. The minimum atomic E-state index is 0.0288. The molecule has 0 saturated heterocycles. The number of benzene rings is 1. The standard InChI is InChI=1S/C17H18N2OS/c1-17(2,3)13-6-4-12(5-7-13)10-19-11-18-15-14(16(19)20)8-9-21-15/h4-9,11H,10H2,1-3H3. The highest BCUT2D eigenvalue weighted by atomic mass is 32.1. The number of thiophene rings is 1. The van der Waals surface area contributed by atoms with Crippen molar-refractivity contribution in [3.05, 3.63) is 63.5 Å². The van der Waals surface area contributed by atoms with Gasteiger partial charge in [-0.3, -0.25) is 9.36 Å². The third-order valence-corrected chi connectivity index (χ3v) is 4.44. The lowest BCUT2D eigenvalue weighted by molar-refractivity contribution is 0.589. The van der Waals surface area contributed by atoms with E-state index in [4.69, 9.17) is 0 Å². The molecule has 0 aliphatic carbocycles. The summed E-state index contributed by atoms with van der Waals surface area (Å²) in [5.41, 5.74) is 2.58. The van der Waals surface area contributed by atoms with Gasteiger partial charge in [0.2, 0.25) is 0 Å². The molecule has 0 bridgehead atoms. The molecule has 3 aromatic rings. The molecule has 0 radical (unpaired) electrons. The average Bonchev–Trinajstić information content (AvgIpc) is 2.91. The maximum Gasteiger partial charge on any atom is 0.262 e. The molecule has 0 aliphatic heterocycles. The maximum atomic E-state index is 12.3. The summed E-state index contributed by atoms with van der Waals surface area (Å²) in [4.78, 5) is 17.5. The van der Waals surface area contributed by atoms with Gasteiger partial charge >= 0.3 is 0 Å². The molecule has 0 spiro atoms. The minimum Gasteiger partial charge on any atom is -0.294 e. The molecule has 0 unspecified atom stereocenters. The summed E-state index contributed by atoms with van der Waals surface area (Å²) in [5, 5.41) is 2.61. The van der Waals surface area contributed by atoms with Gasteiger partial charge in [0.1, 0.15) is 4.83 Å². The second-order valence-corrected chi connectivity index (χ2v) is 7.16. The summed E-state index contributed by atoms with van der Waals surface area (Å²) < 4.78 is 1.67. The molecule has 2 heterocycles. The molecule has 0 amide bonds. The quantitative estimate of drug-likeness (QED) is 0.721. The van der Waals surface area contributed by atoms with Crippen LogP contribution in [0, 0.1) is 0 Å². The number of hydrogen-bond donors (Lipinski definition) is 0. The molecule has 21 heavy (non-hydrogen) atoms. The number of nitrogens with zero attached hydrogens (tertiary/aromatic N) is 2. The van der Waals surface area contributed by atoms with Gasteiger partial charge in [0.05, 0.1) is 18.3 Å². The van der Waals surface area contributed by atoms with Crippen molar-refractivity contribution in [2.45, 2.75) is 32.7 Å². The van der Waals surface area contributed by atoms with Crippen LogP contribution in [0.4, 0.5) is 0 Å². The van der Waals surface area contributed by atoms with Gasteiger partial charge in [0, 0.05) is 0 Å². The second-order valence-electron chi connectivity index (χ2n) is 6.26. The number of fused-ring (bicyclic) bond motifs is 1. The molecular weight excluding hydrogens is 280 g/mol. The molecular formula is C17H18N2OS. The van der Waals surface area contributed by atoms with Crippen LogP contribution < -0.4 is 5.56 Å². The van der Waals surface area contributed by atoms with Gasteiger partial charge < -0.3 is 0 Å². The van der Waals surface area contributed by atoms with Crippen LogP contribution in [-0.4, -0.2) is 9.55 Å². The van der Waals surface area contributed by atoms with Crippen LogP contribution in [0.15, 0.2) is 46.8 Å². The molecule has 108 valence electrons. The first-order chi connectivity index (χ1) is 9.95. The zero-order chi connectivity index (χ0) is 15.0. The van der Waals surface area contributed by atoms with E-state index >= 15 is 0 Å². The first kappa shape index (κ1) is 14.0. The highest BCUT2D eigenvalue weighted by molar-refractivity contribution is 7.16. The predicted octanol–water partition coefficient (Wildman–Crippen LogP) is 3.80. The normalized spacial score (nSPS) is 12.0. The fraction of sp³-hybridized carbons (Fsp3) is 0.294. The van der Waals surface area contributed by atoms with Crippen molar-refractivity contribution >= 4 is 21.6 Å². The summed E-state index contributed by atoms with van der Waals surface area (Å²) in [5.74, 6) is 0. The summed E-state index contributed by atoms with van der Waals surface area (Å²) in [6.45, 7) is 7.14. The van der Waals surface area contributed by atoms with Crippen LogP contribution in [0.2, 0.25) is 0 Å². The fourth-order valence-electron chi connectivity index (χ4n) is 2.31. The van der Waals surface area contributed by atoms with Crippen LogP contribution in [0.25, 0.3) is 10.2 Å². The van der Waals surface area contributed by atoms with Gasteiger partial charge in [0.15, 0.2) is 0 Å². The number of aromatic nitrogens is 2. The van der Waals surface area contributed by atoms with E-state index in [9.17, 15) is 4.79 Å². The van der Waals surface area contributed by atoms with Crippen molar-refractivity contribution < 1.29 is 0 Å². The summed E-state index contributed by atoms with van der Waals surface area (Å²) >= 11 is 1.50. The molecule has 0 saturated carbocycles. The topological polar surface area (TPSA) is 34.9 Å². The third kappa shape index (κ3) is 2.76. The lowest BCUT2D eigenvalue weighted by Crippen LogP contribution is -2.20. The van der Waals surface area contributed by atoms with E-state index in [0.717, 1.165) is 10.4 Å². The fourth-order valence-corrected chi connectivity index (χ4v) is 3.04. The zero-order valence-electron chi connectivity index (χ0n) is 12.5. The van der Waals surface area contributed by atoms with Crippen molar-refractivity contribution in [2.75, 3.05) is 0 Å². The Morgan fingerprint density at radius 2 is 1.86 bits per heavy atom. The Bertz CT molecular complexity index is 822. The van der Waals surface area contributed by atoms with Crippen LogP contribution in [0.3, 0.4) is 0 Å². The van der Waals surface area contributed by atoms with E-state index in [0.29, 0.717) is 11.9 Å². The molecule has 3 rings (SSSR count). The van der Waals surface area contributed by atoms with Crippen molar-refractivity contribution in [3.63, 3.8) is 0 Å². The number of rotatable bonds is 2. The Morgan fingerprint density at radius 1 is 1.14 bits per heavy atom. The van der Waals surface area contributed by atoms with Crippen molar-refractivity contribution in [2.24, 2.45) is 0 Å². The molecule has 1 aromatic carbocycles. The first-order valence-corrected chi connectivity index (χ1v) is 7.85. The van der Waals surface area contributed by atoms with Gasteiger partial charge in [-0.1, -0.05) is 45.0 Å². The van der Waals surface area contributed by atoms with E-state index in [-0.39, 0.29) is 11.0 Å². The average molecular weight is 298 g/mol. The summed E-state index contributed by atoms with van der Waals surface area (Å²) in [6, 6.07) is 10.3. The van der Waals surface area contributed by atoms with Crippen LogP contribution in [-0.2, 0) is 12.0 Å². The highest BCUT2D eigenvalue weighted by Gasteiger charge is 2.13. The number of hydrogen-bond acceptors (Lipinski definition) is 3. The molecule has 4 heteroatoms. The SMILES string of the molecule is CC(C)(C)c1ccc(Cn2cnc3sccc3c2=O)cc1. The van der Waals surface area contributed by atoms with E-state index in [1.807, 2.05) is 11.4 Å². The zero-order valence-corrected chi connectivity index (χ0v) is 13.3. The van der Waals surface area contributed by atoms with E-state index < -0.39 is 0 Å². The first-order valence-electron chi connectivity index (χ1n) is 6.97. The Hall–Kier alpha value is -1.94. The van der Waals surface area contributed by atoms with Crippen molar-refractivity contribution in [3.8, 4) is 0 Å². The van der Waals surface area contributed by atoms with Crippen molar-refractivity contribution in [1.82, 2.24) is 9.55 Å². The third-order valence-electron chi connectivity index (χ3n) is 3.62. The van der Waals surface area contributed by atoms with Crippen LogP contribution >= 0.6 is 11.3 Å². The van der Waals surface area contributed by atoms with Gasteiger partial charge in [-0.25, -0.2) is 4.98 Å². The lowest BCUT2D eigenvalue weighted by Gasteiger charge is -2.19. The minimum absolute atomic E-state index is 0.0288. The Morgan fingerprint density at radius 3 is 2.52 bits per heavy atom. The van der Waals surface area contributed by atoms with Gasteiger partial charge in [-0.05, 0) is 28.0 Å². The Balaban J connectivity index is 1.92. The van der Waals surface area contributed by atoms with Gasteiger partial charge in [-0.15, -0.1) is 11.3 Å². The van der Waals surface area contributed by atoms with Gasteiger partial charge in [-0.2, -0.15) is 0 Å². The molecule has 0 fully saturated rings. The second kappa shape index (κ2) is 5.11. The molecule has 0 N–H and O–H groups in total. The lowest BCUT2D eigenvalue weighted by atomic mass is 9.87. The van der Waals surface area contributed by atoms with E-state index in [1.54, 1.807) is 10.9 Å². The van der Waals surface area contributed by atoms with E-state index in [1.165, 1.54) is 16.9 Å². The van der Waals surface area contributed by atoms with Gasteiger partial charge in [0.25, 0.3) is 5.56 Å². The predicted molar refractivity (Wildman–Crippen MR) is 88.1 cm³/mol. The molecule has 0 aliphatic rings. The Kier molecular flexibility index (Phi) is 3.41. The van der Waals surface area contributed by atoms with Crippen LogP contribution in [0.1, 0.15) is 31.9 Å².